The van der Waals surface area contributed by atoms with Crippen LogP contribution in [0.25, 0.3) is 11.4 Å². The molecule has 0 aliphatic heterocycles. The van der Waals surface area contributed by atoms with Gasteiger partial charge >= 0.3 is 6.09 Å². The summed E-state index contributed by atoms with van der Waals surface area (Å²) in [5, 5.41) is 9.35. The molecule has 0 radical (unpaired) electrons. The van der Waals surface area contributed by atoms with Gasteiger partial charge in [-0.1, -0.05) is 24.3 Å². The number of hydrogen-bond donors (Lipinski definition) is 2. The van der Waals surface area contributed by atoms with Crippen molar-refractivity contribution in [2.75, 3.05) is 5.32 Å². The van der Waals surface area contributed by atoms with E-state index in [-0.39, 0.29) is 0 Å². The molecule has 0 saturated carbocycles. The number of para-hydroxylation sites is 1. The Hall–Kier alpha value is -3.15. The van der Waals surface area contributed by atoms with Crippen LogP contribution in [-0.2, 0) is 0 Å². The highest BCUT2D eigenvalue weighted by Crippen LogP contribution is 2.17. The SMILES string of the molecule is O=C(Nc1cc(-c2ccccn2)[nH]n1)Oc1ccccc1. The number of aromatic amines is 1. The smallest absolute Gasteiger partial charge is 0.410 e. The number of hydrogen-bond acceptors (Lipinski definition) is 4. The maximum atomic E-state index is 11.7. The summed E-state index contributed by atoms with van der Waals surface area (Å²) in [4.78, 5) is 15.9. The van der Waals surface area contributed by atoms with Crippen LogP contribution in [0.3, 0.4) is 0 Å². The number of H-pyrrole nitrogens is 1. The van der Waals surface area contributed by atoms with Crippen molar-refractivity contribution in [2.24, 2.45) is 0 Å². The molecule has 104 valence electrons. The number of rotatable bonds is 3. The van der Waals surface area contributed by atoms with Gasteiger partial charge in [-0.3, -0.25) is 15.4 Å². The van der Waals surface area contributed by atoms with Crippen LogP contribution in [0.2, 0.25) is 0 Å². The second kappa shape index (κ2) is 5.87. The standard InChI is InChI=1S/C15H12N4O2/c20-15(21-11-6-2-1-3-7-11)17-14-10-13(18-19-14)12-8-4-5-9-16-12/h1-10H,(H2,17,18,19,20). The Balaban J connectivity index is 1.66. The van der Waals surface area contributed by atoms with Crippen molar-refractivity contribution in [1.29, 1.82) is 0 Å². The van der Waals surface area contributed by atoms with Crippen molar-refractivity contribution in [3.8, 4) is 17.1 Å². The Kier molecular flexibility index (Phi) is 3.60. The summed E-state index contributed by atoms with van der Waals surface area (Å²) in [7, 11) is 0. The molecule has 0 bridgehead atoms. The lowest BCUT2D eigenvalue weighted by atomic mass is 10.3. The molecule has 21 heavy (non-hydrogen) atoms. The molecule has 2 N–H and O–H groups in total. The van der Waals surface area contributed by atoms with Crippen LogP contribution >= 0.6 is 0 Å². The molecule has 0 fully saturated rings. The van der Waals surface area contributed by atoms with Gasteiger partial charge in [0.1, 0.15) is 5.75 Å². The Morgan fingerprint density at radius 2 is 1.90 bits per heavy atom. The van der Waals surface area contributed by atoms with Crippen LogP contribution in [0.5, 0.6) is 5.75 Å². The third kappa shape index (κ3) is 3.24. The third-order valence-electron chi connectivity index (χ3n) is 2.70. The number of carbonyl (C=O) groups excluding carboxylic acids is 1. The molecule has 1 aromatic carbocycles. The summed E-state index contributed by atoms with van der Waals surface area (Å²) < 4.78 is 5.11. The summed E-state index contributed by atoms with van der Waals surface area (Å²) in [5.74, 6) is 0.840. The van der Waals surface area contributed by atoms with Crippen molar-refractivity contribution < 1.29 is 9.53 Å². The molecular weight excluding hydrogens is 268 g/mol. The maximum absolute atomic E-state index is 11.7. The molecule has 1 amide bonds. The van der Waals surface area contributed by atoms with E-state index in [0.29, 0.717) is 17.3 Å². The summed E-state index contributed by atoms with van der Waals surface area (Å²) in [6, 6.07) is 16.1. The fraction of sp³-hybridized carbons (Fsp3) is 0. The minimum atomic E-state index is -0.597. The van der Waals surface area contributed by atoms with Crippen molar-refractivity contribution in [2.45, 2.75) is 0 Å². The molecule has 0 spiro atoms. The molecular formula is C15H12N4O2. The van der Waals surface area contributed by atoms with Crippen molar-refractivity contribution in [3.63, 3.8) is 0 Å². The molecule has 2 aromatic heterocycles. The fourth-order valence-corrected chi connectivity index (χ4v) is 1.76. The van der Waals surface area contributed by atoms with Crippen molar-refractivity contribution in [1.82, 2.24) is 15.2 Å². The minimum Gasteiger partial charge on any atom is -0.410 e. The second-order valence-electron chi connectivity index (χ2n) is 4.21. The van der Waals surface area contributed by atoms with Gasteiger partial charge in [0.15, 0.2) is 5.82 Å². The monoisotopic (exact) mass is 280 g/mol. The van der Waals surface area contributed by atoms with E-state index in [0.717, 1.165) is 5.69 Å². The van der Waals surface area contributed by atoms with Crippen LogP contribution in [0.4, 0.5) is 10.6 Å². The lowest BCUT2D eigenvalue weighted by Gasteiger charge is -2.03. The van der Waals surface area contributed by atoms with Gasteiger partial charge in [-0.25, -0.2) is 4.79 Å². The van der Waals surface area contributed by atoms with E-state index >= 15 is 0 Å². The lowest BCUT2D eigenvalue weighted by molar-refractivity contribution is 0.215. The van der Waals surface area contributed by atoms with E-state index in [9.17, 15) is 4.79 Å². The first-order valence-electron chi connectivity index (χ1n) is 6.32. The summed E-state index contributed by atoms with van der Waals surface area (Å²) in [6.45, 7) is 0. The van der Waals surface area contributed by atoms with Crippen LogP contribution in [0, 0.1) is 0 Å². The quantitative estimate of drug-likeness (QED) is 0.772. The van der Waals surface area contributed by atoms with Gasteiger partial charge in [-0.15, -0.1) is 0 Å². The molecule has 3 aromatic rings. The first-order valence-corrected chi connectivity index (χ1v) is 6.32. The van der Waals surface area contributed by atoms with Gasteiger partial charge in [0.25, 0.3) is 0 Å². The van der Waals surface area contributed by atoms with E-state index < -0.39 is 6.09 Å². The number of amides is 1. The number of ether oxygens (including phenoxy) is 1. The zero-order valence-corrected chi connectivity index (χ0v) is 11.0. The second-order valence-corrected chi connectivity index (χ2v) is 4.21. The van der Waals surface area contributed by atoms with Crippen LogP contribution in [-0.4, -0.2) is 21.3 Å². The van der Waals surface area contributed by atoms with Crippen LogP contribution in [0.15, 0.2) is 60.8 Å². The molecule has 3 rings (SSSR count). The van der Waals surface area contributed by atoms with Gasteiger partial charge < -0.3 is 4.74 Å². The highest BCUT2D eigenvalue weighted by molar-refractivity contribution is 5.85. The Labute approximate surface area is 120 Å². The molecule has 0 atom stereocenters. The molecule has 0 aliphatic rings. The normalized spacial score (nSPS) is 10.1. The summed E-state index contributed by atoms with van der Waals surface area (Å²) in [6.07, 6.45) is 1.09. The topological polar surface area (TPSA) is 79.9 Å². The first-order chi connectivity index (χ1) is 10.3. The molecule has 0 saturated heterocycles. The average molecular weight is 280 g/mol. The van der Waals surface area contributed by atoms with Crippen LogP contribution in [0.1, 0.15) is 0 Å². The number of pyridine rings is 1. The predicted octanol–water partition coefficient (Wildman–Crippen LogP) is 3.08. The average Bonchev–Trinajstić information content (AvgIpc) is 2.97. The molecule has 0 aliphatic carbocycles. The van der Waals surface area contributed by atoms with E-state index in [2.05, 4.69) is 20.5 Å². The summed E-state index contributed by atoms with van der Waals surface area (Å²) >= 11 is 0. The number of nitrogens with zero attached hydrogens (tertiary/aromatic N) is 2. The van der Waals surface area contributed by atoms with Gasteiger partial charge in [0.2, 0.25) is 0 Å². The molecule has 6 nitrogen and oxygen atoms in total. The summed E-state index contributed by atoms with van der Waals surface area (Å²) in [5.41, 5.74) is 1.46. The zero-order chi connectivity index (χ0) is 14.5. The van der Waals surface area contributed by atoms with E-state index in [1.165, 1.54) is 0 Å². The van der Waals surface area contributed by atoms with Gasteiger partial charge in [-0.05, 0) is 24.3 Å². The van der Waals surface area contributed by atoms with E-state index in [1.54, 1.807) is 36.5 Å². The molecule has 0 unspecified atom stereocenters. The van der Waals surface area contributed by atoms with Gasteiger partial charge in [-0.2, -0.15) is 5.10 Å². The van der Waals surface area contributed by atoms with E-state index in [4.69, 9.17) is 4.74 Å². The fourth-order valence-electron chi connectivity index (χ4n) is 1.76. The number of anilines is 1. The Morgan fingerprint density at radius 1 is 1.10 bits per heavy atom. The number of carbonyl (C=O) groups is 1. The van der Waals surface area contributed by atoms with Crippen molar-refractivity contribution >= 4 is 11.9 Å². The highest BCUT2D eigenvalue weighted by atomic mass is 16.6. The molecule has 6 heteroatoms. The number of benzene rings is 1. The van der Waals surface area contributed by atoms with Crippen LogP contribution < -0.4 is 10.1 Å². The van der Waals surface area contributed by atoms with Gasteiger partial charge in [0.05, 0.1) is 11.4 Å². The largest absolute Gasteiger partial charge is 0.418 e. The third-order valence-corrected chi connectivity index (χ3v) is 2.70. The maximum Gasteiger partial charge on any atom is 0.418 e. The van der Waals surface area contributed by atoms with Crippen molar-refractivity contribution in [3.05, 3.63) is 60.8 Å². The first kappa shape index (κ1) is 12.9. The lowest BCUT2D eigenvalue weighted by Crippen LogP contribution is -2.16. The highest BCUT2D eigenvalue weighted by Gasteiger charge is 2.09. The molecule has 2 heterocycles. The minimum absolute atomic E-state index is 0.372. The van der Waals surface area contributed by atoms with E-state index in [1.807, 2.05) is 24.3 Å². The number of nitrogens with one attached hydrogen (secondary N) is 2. The predicted molar refractivity (Wildman–Crippen MR) is 77.9 cm³/mol. The Bertz CT molecular complexity index is 726. The number of aromatic nitrogens is 3. The zero-order valence-electron chi connectivity index (χ0n) is 11.0. The van der Waals surface area contributed by atoms with Gasteiger partial charge in [0, 0.05) is 12.3 Å². The Morgan fingerprint density at radius 3 is 2.67 bits per heavy atom.